The molecule has 0 unspecified atom stereocenters. The number of urea groups is 1. The van der Waals surface area contributed by atoms with Crippen LogP contribution in [0.1, 0.15) is 29.6 Å². The molecule has 0 saturated carbocycles. The summed E-state index contributed by atoms with van der Waals surface area (Å²) >= 11 is 0. The Labute approximate surface area is 182 Å². The predicted molar refractivity (Wildman–Crippen MR) is 122 cm³/mol. The SMILES string of the molecule is COCCNC(=O)c1cc(NC(=O)Nc2ccc(OC)cc2)ccc1N1CCCCC1. The maximum atomic E-state index is 12.8. The van der Waals surface area contributed by atoms with Gasteiger partial charge in [-0.1, -0.05) is 0 Å². The van der Waals surface area contributed by atoms with Gasteiger partial charge < -0.3 is 30.3 Å². The van der Waals surface area contributed by atoms with Crippen LogP contribution in [0, 0.1) is 0 Å². The molecule has 1 aliphatic rings. The Morgan fingerprint density at radius 1 is 0.935 bits per heavy atom. The Morgan fingerprint density at radius 2 is 1.61 bits per heavy atom. The molecule has 3 amide bonds. The zero-order chi connectivity index (χ0) is 22.1. The first kappa shape index (κ1) is 22.4. The predicted octanol–water partition coefficient (Wildman–Crippen LogP) is 3.71. The maximum Gasteiger partial charge on any atom is 0.323 e. The first-order chi connectivity index (χ1) is 15.1. The molecule has 2 aromatic rings. The summed E-state index contributed by atoms with van der Waals surface area (Å²) in [5.74, 6) is 0.528. The molecule has 1 fully saturated rings. The summed E-state index contributed by atoms with van der Waals surface area (Å²) in [4.78, 5) is 27.5. The average Bonchev–Trinajstić information content (AvgIpc) is 2.80. The van der Waals surface area contributed by atoms with Crippen molar-refractivity contribution in [3.8, 4) is 5.75 Å². The highest BCUT2D eigenvalue weighted by molar-refractivity contribution is 6.04. The van der Waals surface area contributed by atoms with E-state index in [9.17, 15) is 9.59 Å². The molecule has 0 aliphatic carbocycles. The molecule has 1 heterocycles. The lowest BCUT2D eigenvalue weighted by Gasteiger charge is -2.30. The number of hydrogen-bond acceptors (Lipinski definition) is 5. The standard InChI is InChI=1S/C23H30N4O4/c1-30-15-12-24-22(28)20-16-18(8-11-21(20)27-13-4-3-5-14-27)26-23(29)25-17-6-9-19(31-2)10-7-17/h6-11,16H,3-5,12-15H2,1-2H3,(H,24,28)(H2,25,26,29). The van der Waals surface area contributed by atoms with Crippen LogP contribution >= 0.6 is 0 Å². The minimum atomic E-state index is -0.387. The molecule has 2 aromatic carbocycles. The lowest BCUT2D eigenvalue weighted by atomic mass is 10.1. The van der Waals surface area contributed by atoms with Crippen molar-refractivity contribution in [2.24, 2.45) is 0 Å². The zero-order valence-corrected chi connectivity index (χ0v) is 18.1. The molecule has 1 aliphatic heterocycles. The van der Waals surface area contributed by atoms with Crippen molar-refractivity contribution >= 4 is 29.0 Å². The van der Waals surface area contributed by atoms with Crippen LogP contribution in [0.5, 0.6) is 5.75 Å². The third-order valence-electron chi connectivity index (χ3n) is 5.14. The second-order valence-corrected chi connectivity index (χ2v) is 7.34. The van der Waals surface area contributed by atoms with Gasteiger partial charge in [-0.2, -0.15) is 0 Å². The average molecular weight is 427 g/mol. The van der Waals surface area contributed by atoms with E-state index in [0.29, 0.717) is 35.8 Å². The van der Waals surface area contributed by atoms with Crippen LogP contribution in [0.3, 0.4) is 0 Å². The van der Waals surface area contributed by atoms with E-state index in [1.807, 2.05) is 12.1 Å². The quantitative estimate of drug-likeness (QED) is 0.560. The second-order valence-electron chi connectivity index (χ2n) is 7.34. The van der Waals surface area contributed by atoms with Gasteiger partial charge in [0.25, 0.3) is 5.91 Å². The highest BCUT2D eigenvalue weighted by atomic mass is 16.5. The number of methoxy groups -OCH3 is 2. The Balaban J connectivity index is 1.73. The van der Waals surface area contributed by atoms with Crippen LogP contribution in [0.15, 0.2) is 42.5 Å². The summed E-state index contributed by atoms with van der Waals surface area (Å²) in [7, 11) is 3.18. The van der Waals surface area contributed by atoms with Crippen LogP contribution in [0.25, 0.3) is 0 Å². The third kappa shape index (κ3) is 6.36. The van der Waals surface area contributed by atoms with Crippen molar-refractivity contribution in [3.63, 3.8) is 0 Å². The lowest BCUT2D eigenvalue weighted by molar-refractivity contribution is 0.0937. The van der Waals surface area contributed by atoms with E-state index in [1.54, 1.807) is 44.6 Å². The molecule has 0 spiro atoms. The molecule has 1 saturated heterocycles. The molecule has 8 nitrogen and oxygen atoms in total. The van der Waals surface area contributed by atoms with Crippen molar-refractivity contribution < 1.29 is 19.1 Å². The molecule has 166 valence electrons. The summed E-state index contributed by atoms with van der Waals surface area (Å²) < 4.78 is 10.1. The number of ether oxygens (including phenoxy) is 2. The summed E-state index contributed by atoms with van der Waals surface area (Å²) in [5.41, 5.74) is 2.61. The number of amides is 3. The zero-order valence-electron chi connectivity index (χ0n) is 18.1. The van der Waals surface area contributed by atoms with Gasteiger partial charge >= 0.3 is 6.03 Å². The van der Waals surface area contributed by atoms with E-state index in [0.717, 1.165) is 31.6 Å². The van der Waals surface area contributed by atoms with Gasteiger partial charge in [-0.15, -0.1) is 0 Å². The second kappa shape index (κ2) is 11.2. The van der Waals surface area contributed by atoms with E-state index in [4.69, 9.17) is 9.47 Å². The fourth-order valence-electron chi connectivity index (χ4n) is 3.54. The summed E-state index contributed by atoms with van der Waals surface area (Å²) in [6.07, 6.45) is 3.42. The summed E-state index contributed by atoms with van der Waals surface area (Å²) in [5, 5.41) is 8.46. The largest absolute Gasteiger partial charge is 0.497 e. The molecule has 0 radical (unpaired) electrons. The van der Waals surface area contributed by atoms with E-state index < -0.39 is 0 Å². The molecule has 3 N–H and O–H groups in total. The van der Waals surface area contributed by atoms with Gasteiger partial charge in [-0.05, 0) is 61.7 Å². The Bertz CT molecular complexity index is 880. The van der Waals surface area contributed by atoms with Gasteiger partial charge in [-0.3, -0.25) is 4.79 Å². The van der Waals surface area contributed by atoms with E-state index in [2.05, 4.69) is 20.9 Å². The Hall–Kier alpha value is -3.26. The van der Waals surface area contributed by atoms with Crippen molar-refractivity contribution in [3.05, 3.63) is 48.0 Å². The topological polar surface area (TPSA) is 91.9 Å². The minimum Gasteiger partial charge on any atom is -0.497 e. The number of hydrogen-bond donors (Lipinski definition) is 3. The van der Waals surface area contributed by atoms with Gasteiger partial charge in [0.15, 0.2) is 0 Å². The summed E-state index contributed by atoms with van der Waals surface area (Å²) in [6.45, 7) is 2.70. The molecule has 0 aromatic heterocycles. The van der Waals surface area contributed by atoms with Crippen molar-refractivity contribution in [1.29, 1.82) is 0 Å². The number of carbonyl (C=O) groups excluding carboxylic acids is 2. The van der Waals surface area contributed by atoms with Crippen LogP contribution in [0.2, 0.25) is 0 Å². The third-order valence-corrected chi connectivity index (χ3v) is 5.14. The highest BCUT2D eigenvalue weighted by Crippen LogP contribution is 2.27. The molecule has 0 bridgehead atoms. The van der Waals surface area contributed by atoms with Gasteiger partial charge in [-0.25, -0.2) is 4.79 Å². The number of piperidine rings is 1. The number of nitrogens with one attached hydrogen (secondary N) is 3. The number of benzene rings is 2. The molecule has 8 heteroatoms. The highest BCUT2D eigenvalue weighted by Gasteiger charge is 2.19. The monoisotopic (exact) mass is 426 g/mol. The van der Waals surface area contributed by atoms with E-state index in [-0.39, 0.29) is 11.9 Å². The Morgan fingerprint density at radius 3 is 2.29 bits per heavy atom. The Kier molecular flexibility index (Phi) is 8.12. The fourth-order valence-corrected chi connectivity index (χ4v) is 3.54. The number of rotatable bonds is 8. The smallest absolute Gasteiger partial charge is 0.323 e. The number of nitrogens with zero attached hydrogens (tertiary/aromatic N) is 1. The van der Waals surface area contributed by atoms with Crippen molar-refractivity contribution in [2.45, 2.75) is 19.3 Å². The first-order valence-corrected chi connectivity index (χ1v) is 10.5. The number of anilines is 3. The molecular weight excluding hydrogens is 396 g/mol. The van der Waals surface area contributed by atoms with Gasteiger partial charge in [0, 0.05) is 43.8 Å². The first-order valence-electron chi connectivity index (χ1n) is 10.5. The molecule has 0 atom stereocenters. The summed E-state index contributed by atoms with van der Waals surface area (Å²) in [6, 6.07) is 12.1. The van der Waals surface area contributed by atoms with Crippen LogP contribution < -0.4 is 25.6 Å². The van der Waals surface area contributed by atoms with Crippen LogP contribution in [-0.2, 0) is 4.74 Å². The van der Waals surface area contributed by atoms with E-state index >= 15 is 0 Å². The number of carbonyl (C=O) groups is 2. The van der Waals surface area contributed by atoms with Crippen LogP contribution in [0.4, 0.5) is 21.9 Å². The molecular formula is C23H30N4O4. The fraction of sp³-hybridized carbons (Fsp3) is 0.391. The molecule has 3 rings (SSSR count). The van der Waals surface area contributed by atoms with Gasteiger partial charge in [0.05, 0.1) is 19.3 Å². The minimum absolute atomic E-state index is 0.183. The molecule has 31 heavy (non-hydrogen) atoms. The lowest BCUT2D eigenvalue weighted by Crippen LogP contribution is -2.33. The van der Waals surface area contributed by atoms with Crippen LogP contribution in [-0.4, -0.2) is 52.4 Å². The maximum absolute atomic E-state index is 12.8. The van der Waals surface area contributed by atoms with Gasteiger partial charge in [0.1, 0.15) is 5.75 Å². The van der Waals surface area contributed by atoms with E-state index in [1.165, 1.54) is 6.42 Å². The van der Waals surface area contributed by atoms with Gasteiger partial charge in [0.2, 0.25) is 0 Å². The van der Waals surface area contributed by atoms with Crippen molar-refractivity contribution in [1.82, 2.24) is 5.32 Å². The normalized spacial score (nSPS) is 13.4. The van der Waals surface area contributed by atoms with Crippen molar-refractivity contribution in [2.75, 3.05) is 56.0 Å².